The summed E-state index contributed by atoms with van der Waals surface area (Å²) in [6, 6.07) is 9.69. The fraction of sp³-hybridized carbons (Fsp3) is 0.771. The van der Waals surface area contributed by atoms with Crippen molar-refractivity contribution in [1.29, 1.82) is 0 Å². The number of phenols is 1. The number of benzene rings is 1. The Kier molecular flexibility index (Phi) is 11.5. The quantitative estimate of drug-likeness (QED) is 0.248. The number of likely N-dealkylation sites (tertiary alicyclic amines) is 1. The van der Waals surface area contributed by atoms with E-state index in [0.717, 1.165) is 61.7 Å². The van der Waals surface area contributed by atoms with Gasteiger partial charge >= 0.3 is 0 Å². The first-order valence-corrected chi connectivity index (χ1v) is 18.1. The van der Waals surface area contributed by atoms with Crippen LogP contribution < -0.4 is 5.32 Å². The van der Waals surface area contributed by atoms with Crippen LogP contribution in [0.2, 0.25) is 0 Å². The zero-order valence-electron chi connectivity index (χ0n) is 27.2. The molecule has 240 valence electrons. The number of nitrogens with zero attached hydrogens (tertiary/aromatic N) is 4. The molecule has 5 rings (SSSR count). The van der Waals surface area contributed by atoms with Gasteiger partial charge in [-0.3, -0.25) is 4.90 Å². The molecule has 1 aliphatic carbocycles. The molecule has 0 aromatic heterocycles. The van der Waals surface area contributed by atoms with Crippen molar-refractivity contribution in [1.82, 2.24) is 24.9 Å². The smallest absolute Gasteiger partial charge is 0.172 e. The molecule has 3 aliphatic heterocycles. The average molecular weight is 628 g/mol. The summed E-state index contributed by atoms with van der Waals surface area (Å²) in [5, 5.41) is 15.4. The van der Waals surface area contributed by atoms with Gasteiger partial charge in [0.25, 0.3) is 0 Å². The predicted molar refractivity (Wildman–Crippen MR) is 187 cm³/mol. The van der Waals surface area contributed by atoms with Gasteiger partial charge in [0.15, 0.2) is 10.2 Å². The Balaban J connectivity index is 1.31. The van der Waals surface area contributed by atoms with E-state index in [1.165, 1.54) is 63.5 Å². The van der Waals surface area contributed by atoms with Crippen molar-refractivity contribution >= 4 is 34.7 Å². The first kappa shape index (κ1) is 32.7. The molecule has 4 aliphatic rings. The summed E-state index contributed by atoms with van der Waals surface area (Å²) in [4.78, 5) is 10.5. The third-order valence-corrected chi connectivity index (χ3v) is 11.2. The lowest BCUT2D eigenvalue weighted by molar-refractivity contribution is 0.147. The standard InChI is InChI=1S/C35H57N5OS2/c1-25(2)17-30-20-36-34(42)38(30)23-29-11-8-16-37(29)22-31(18-26(3)4)40-24-32(19-27-12-14-33(41)15-13-27)39(35(40)43)21-28-9-6-5-7-10-28/h12-15,25-26,28-32,41H,5-11,16-24H2,1-4H3,(H,36,42)/t29?,30-,31-,32-/m0/s1. The molecule has 0 radical (unpaired) electrons. The molecule has 1 saturated carbocycles. The summed E-state index contributed by atoms with van der Waals surface area (Å²) in [7, 11) is 0. The van der Waals surface area contributed by atoms with E-state index in [2.05, 4.69) is 64.7 Å². The fourth-order valence-electron chi connectivity index (χ4n) is 8.24. The van der Waals surface area contributed by atoms with Crippen LogP contribution in [0.5, 0.6) is 5.75 Å². The molecule has 1 unspecified atom stereocenters. The lowest BCUT2D eigenvalue weighted by Gasteiger charge is -2.38. The van der Waals surface area contributed by atoms with E-state index in [0.29, 0.717) is 41.8 Å². The van der Waals surface area contributed by atoms with E-state index in [1.54, 1.807) is 0 Å². The third-order valence-electron chi connectivity index (χ3n) is 10.4. The Labute approximate surface area is 272 Å². The van der Waals surface area contributed by atoms with Gasteiger partial charge in [0.2, 0.25) is 0 Å². The van der Waals surface area contributed by atoms with Crippen LogP contribution in [0.4, 0.5) is 0 Å². The van der Waals surface area contributed by atoms with Gasteiger partial charge < -0.3 is 25.1 Å². The molecular weight excluding hydrogens is 571 g/mol. The van der Waals surface area contributed by atoms with Crippen molar-refractivity contribution in [2.75, 3.05) is 39.3 Å². The van der Waals surface area contributed by atoms with Crippen LogP contribution in [0, 0.1) is 17.8 Å². The summed E-state index contributed by atoms with van der Waals surface area (Å²) in [6.45, 7) is 15.8. The Bertz CT molecular complexity index is 1060. The molecule has 0 amide bonds. The Morgan fingerprint density at radius 3 is 2.30 bits per heavy atom. The molecule has 2 N–H and O–H groups in total. The topological polar surface area (TPSA) is 45.2 Å². The van der Waals surface area contributed by atoms with Crippen LogP contribution in [0.25, 0.3) is 0 Å². The van der Waals surface area contributed by atoms with Gasteiger partial charge in [-0.1, -0.05) is 59.1 Å². The van der Waals surface area contributed by atoms with Gasteiger partial charge in [0, 0.05) is 50.8 Å². The molecule has 0 spiro atoms. The van der Waals surface area contributed by atoms with Crippen LogP contribution in [-0.4, -0.2) is 98.4 Å². The maximum absolute atomic E-state index is 9.88. The van der Waals surface area contributed by atoms with E-state index in [9.17, 15) is 5.11 Å². The zero-order valence-corrected chi connectivity index (χ0v) is 28.9. The highest BCUT2D eigenvalue weighted by Crippen LogP contribution is 2.32. The number of hydrogen-bond donors (Lipinski definition) is 2. The number of nitrogens with one attached hydrogen (secondary N) is 1. The van der Waals surface area contributed by atoms with E-state index in [-0.39, 0.29) is 0 Å². The van der Waals surface area contributed by atoms with Gasteiger partial charge in [-0.05, 0) is 111 Å². The molecule has 6 nitrogen and oxygen atoms in total. The van der Waals surface area contributed by atoms with Crippen molar-refractivity contribution < 1.29 is 5.11 Å². The summed E-state index contributed by atoms with van der Waals surface area (Å²) in [5.74, 6) is 2.37. The van der Waals surface area contributed by atoms with Crippen LogP contribution in [0.3, 0.4) is 0 Å². The number of thiocarbonyl (C=S) groups is 2. The molecule has 4 fully saturated rings. The maximum Gasteiger partial charge on any atom is 0.172 e. The van der Waals surface area contributed by atoms with E-state index in [4.69, 9.17) is 24.4 Å². The van der Waals surface area contributed by atoms with E-state index < -0.39 is 0 Å². The highest BCUT2D eigenvalue weighted by atomic mass is 32.1. The molecule has 4 atom stereocenters. The first-order valence-electron chi connectivity index (χ1n) is 17.3. The molecule has 8 heteroatoms. The van der Waals surface area contributed by atoms with Crippen molar-refractivity contribution in [2.45, 2.75) is 116 Å². The molecule has 1 aromatic rings. The second-order valence-electron chi connectivity index (χ2n) is 14.8. The highest BCUT2D eigenvalue weighted by molar-refractivity contribution is 7.80. The Morgan fingerprint density at radius 1 is 0.860 bits per heavy atom. The van der Waals surface area contributed by atoms with Gasteiger partial charge in [0.05, 0.1) is 6.04 Å². The van der Waals surface area contributed by atoms with Gasteiger partial charge in [-0.25, -0.2) is 0 Å². The minimum absolute atomic E-state index is 0.338. The summed E-state index contributed by atoms with van der Waals surface area (Å²) < 4.78 is 0. The lowest BCUT2D eigenvalue weighted by atomic mass is 9.88. The lowest BCUT2D eigenvalue weighted by Crippen LogP contribution is -2.51. The van der Waals surface area contributed by atoms with Crippen molar-refractivity contribution in [3.05, 3.63) is 29.8 Å². The molecule has 0 bridgehead atoms. The first-order chi connectivity index (χ1) is 20.7. The van der Waals surface area contributed by atoms with Crippen LogP contribution >= 0.6 is 24.4 Å². The minimum atomic E-state index is 0.338. The van der Waals surface area contributed by atoms with Gasteiger partial charge in [-0.2, -0.15) is 0 Å². The van der Waals surface area contributed by atoms with Gasteiger partial charge in [0.1, 0.15) is 5.75 Å². The van der Waals surface area contributed by atoms with Crippen molar-refractivity contribution in [3.63, 3.8) is 0 Å². The van der Waals surface area contributed by atoms with E-state index >= 15 is 0 Å². The second kappa shape index (κ2) is 15.1. The molecular formula is C35H57N5OS2. The average Bonchev–Trinajstić information content (AvgIpc) is 3.64. The van der Waals surface area contributed by atoms with Crippen molar-refractivity contribution in [2.24, 2.45) is 17.8 Å². The van der Waals surface area contributed by atoms with Crippen LogP contribution in [0.15, 0.2) is 24.3 Å². The van der Waals surface area contributed by atoms with Crippen LogP contribution in [-0.2, 0) is 6.42 Å². The number of phenolic OH excluding ortho intramolecular Hbond substituents is 1. The Morgan fingerprint density at radius 2 is 1.60 bits per heavy atom. The SMILES string of the molecule is CC(C)C[C@H]1CNC(=S)N1CC1CCCN1C[C@H](CC(C)C)N1C[C@H](Cc2ccc(O)cc2)N(CC2CCCCC2)C1=S. The largest absolute Gasteiger partial charge is 0.508 e. The summed E-state index contributed by atoms with van der Waals surface area (Å²) in [5.41, 5.74) is 1.28. The zero-order chi connectivity index (χ0) is 30.5. The number of hydrogen-bond acceptors (Lipinski definition) is 4. The fourth-order valence-corrected chi connectivity index (χ4v) is 8.99. The molecule has 1 aromatic carbocycles. The molecule has 3 heterocycles. The predicted octanol–water partition coefficient (Wildman–Crippen LogP) is 6.27. The maximum atomic E-state index is 9.88. The molecule has 43 heavy (non-hydrogen) atoms. The minimum Gasteiger partial charge on any atom is -0.508 e. The summed E-state index contributed by atoms with van der Waals surface area (Å²) in [6.07, 6.45) is 12.6. The van der Waals surface area contributed by atoms with E-state index in [1.807, 2.05) is 12.1 Å². The Hall–Kier alpha value is -1.64. The third kappa shape index (κ3) is 8.55. The second-order valence-corrected chi connectivity index (χ2v) is 15.6. The summed E-state index contributed by atoms with van der Waals surface area (Å²) >= 11 is 12.2. The molecule has 3 saturated heterocycles. The monoisotopic (exact) mass is 627 g/mol. The normalized spacial score (nSPS) is 26.4. The highest BCUT2D eigenvalue weighted by Gasteiger charge is 2.41. The number of aromatic hydroxyl groups is 1. The number of rotatable bonds is 13. The van der Waals surface area contributed by atoms with Crippen LogP contribution in [0.1, 0.15) is 91.0 Å². The van der Waals surface area contributed by atoms with Gasteiger partial charge in [-0.15, -0.1) is 0 Å². The van der Waals surface area contributed by atoms with Crippen molar-refractivity contribution in [3.8, 4) is 5.75 Å².